The average Bonchev–Trinajstić information content (AvgIpc) is 2.68. The Bertz CT molecular complexity index is 469. The summed E-state index contributed by atoms with van der Waals surface area (Å²) in [7, 11) is 0. The summed E-state index contributed by atoms with van der Waals surface area (Å²) in [5.41, 5.74) is 1.79. The van der Waals surface area contributed by atoms with Gasteiger partial charge < -0.3 is 14.2 Å². The van der Waals surface area contributed by atoms with Crippen molar-refractivity contribution in [1.82, 2.24) is 9.47 Å². The van der Waals surface area contributed by atoms with E-state index in [-0.39, 0.29) is 6.09 Å². The fourth-order valence-corrected chi connectivity index (χ4v) is 2.09. The summed E-state index contributed by atoms with van der Waals surface area (Å²) in [4.78, 5) is 13.7. The van der Waals surface area contributed by atoms with E-state index in [2.05, 4.69) is 11.1 Å². The van der Waals surface area contributed by atoms with Gasteiger partial charge in [-0.2, -0.15) is 0 Å². The normalized spacial score (nSPS) is 15.2. The highest BCUT2D eigenvalue weighted by atomic mass is 16.6. The molecule has 1 aliphatic rings. The van der Waals surface area contributed by atoms with E-state index in [9.17, 15) is 4.79 Å². The van der Waals surface area contributed by atoms with Gasteiger partial charge in [-0.05, 0) is 39.0 Å². The summed E-state index contributed by atoms with van der Waals surface area (Å²) in [6.45, 7) is 11.5. The van der Waals surface area contributed by atoms with Crippen LogP contribution in [0.4, 0.5) is 4.79 Å². The fraction of sp³-hybridized carbons (Fsp3) is 0.500. The Morgan fingerprint density at radius 2 is 2.11 bits per heavy atom. The summed E-state index contributed by atoms with van der Waals surface area (Å²) >= 11 is 0. The summed E-state index contributed by atoms with van der Waals surface area (Å²) < 4.78 is 7.57. The highest BCUT2D eigenvalue weighted by Gasteiger charge is 2.26. The quantitative estimate of drug-likeness (QED) is 0.766. The Kier molecular flexibility index (Phi) is 3.20. The molecule has 0 aromatic carbocycles. The third kappa shape index (κ3) is 2.58. The Balaban J connectivity index is 2.08. The Morgan fingerprint density at radius 3 is 2.72 bits per heavy atom. The van der Waals surface area contributed by atoms with Gasteiger partial charge in [0, 0.05) is 24.5 Å². The summed E-state index contributed by atoms with van der Waals surface area (Å²) in [5, 5.41) is 0. The van der Waals surface area contributed by atoms with Gasteiger partial charge in [0.1, 0.15) is 5.60 Å². The first-order valence-electron chi connectivity index (χ1n) is 6.19. The summed E-state index contributed by atoms with van der Waals surface area (Å²) in [5.74, 6) is 0. The number of aromatic nitrogens is 1. The molecule has 0 atom stereocenters. The molecule has 0 fully saturated rings. The van der Waals surface area contributed by atoms with E-state index < -0.39 is 5.60 Å². The molecule has 0 bridgehead atoms. The van der Waals surface area contributed by atoms with Crippen LogP contribution in [-0.2, 0) is 17.8 Å². The van der Waals surface area contributed by atoms with Crippen LogP contribution in [0, 0.1) is 0 Å². The number of nitrogens with zero attached hydrogens (tertiary/aromatic N) is 2. The maximum Gasteiger partial charge on any atom is 0.410 e. The molecule has 2 rings (SSSR count). The van der Waals surface area contributed by atoms with E-state index in [0.29, 0.717) is 13.1 Å². The first kappa shape index (κ1) is 12.7. The number of rotatable bonds is 1. The lowest BCUT2D eigenvalue weighted by atomic mass is 10.2. The number of carbonyl (C=O) groups is 1. The van der Waals surface area contributed by atoms with Gasteiger partial charge in [-0.15, -0.1) is 0 Å². The second kappa shape index (κ2) is 4.52. The van der Waals surface area contributed by atoms with Crippen LogP contribution in [-0.4, -0.2) is 27.7 Å². The number of ether oxygens (including phenoxy) is 1. The molecule has 0 radical (unpaired) electrons. The summed E-state index contributed by atoms with van der Waals surface area (Å²) in [6, 6.07) is 4.06. The molecule has 1 aromatic rings. The van der Waals surface area contributed by atoms with E-state index >= 15 is 0 Å². The predicted molar refractivity (Wildman–Crippen MR) is 71.2 cm³/mol. The van der Waals surface area contributed by atoms with E-state index in [1.807, 2.05) is 39.0 Å². The second-order valence-corrected chi connectivity index (χ2v) is 5.51. The molecule has 18 heavy (non-hydrogen) atoms. The van der Waals surface area contributed by atoms with Crippen LogP contribution in [0.25, 0.3) is 6.08 Å². The van der Waals surface area contributed by atoms with E-state index in [1.165, 1.54) is 0 Å². The van der Waals surface area contributed by atoms with Crippen molar-refractivity contribution >= 4 is 12.2 Å². The zero-order valence-corrected chi connectivity index (χ0v) is 11.3. The Hall–Kier alpha value is -1.71. The monoisotopic (exact) mass is 248 g/mol. The van der Waals surface area contributed by atoms with Crippen molar-refractivity contribution in [2.24, 2.45) is 0 Å². The lowest BCUT2D eigenvalue weighted by molar-refractivity contribution is 0.0199. The van der Waals surface area contributed by atoms with Gasteiger partial charge in [-0.1, -0.05) is 6.58 Å². The van der Waals surface area contributed by atoms with E-state index in [1.54, 1.807) is 4.90 Å². The third-order valence-corrected chi connectivity index (χ3v) is 2.91. The number of carbonyl (C=O) groups excluding carboxylic acids is 1. The summed E-state index contributed by atoms with van der Waals surface area (Å²) in [6.07, 6.45) is 1.60. The molecule has 0 N–H and O–H groups in total. The average molecular weight is 248 g/mol. The zero-order chi connectivity index (χ0) is 13.3. The van der Waals surface area contributed by atoms with Gasteiger partial charge in [-0.25, -0.2) is 4.79 Å². The molecule has 1 aliphatic heterocycles. The molecule has 4 nitrogen and oxygen atoms in total. The van der Waals surface area contributed by atoms with Crippen LogP contribution < -0.4 is 0 Å². The SMILES string of the molecule is C=Cc1ccc2n1CCN(C(=O)OC(C)(C)C)C2. The van der Waals surface area contributed by atoms with Gasteiger partial charge in [0.25, 0.3) is 0 Å². The van der Waals surface area contributed by atoms with Crippen LogP contribution in [0.1, 0.15) is 32.2 Å². The minimum atomic E-state index is -0.442. The van der Waals surface area contributed by atoms with Crippen LogP contribution >= 0.6 is 0 Å². The zero-order valence-electron chi connectivity index (χ0n) is 11.3. The van der Waals surface area contributed by atoms with Crippen molar-refractivity contribution < 1.29 is 9.53 Å². The predicted octanol–water partition coefficient (Wildman–Crippen LogP) is 2.88. The molecule has 1 aromatic heterocycles. The third-order valence-electron chi connectivity index (χ3n) is 2.91. The molecule has 0 saturated heterocycles. The minimum absolute atomic E-state index is 0.241. The molecule has 0 saturated carbocycles. The molecule has 1 amide bonds. The van der Waals surface area contributed by atoms with Crippen molar-refractivity contribution in [3.63, 3.8) is 0 Å². The van der Waals surface area contributed by atoms with Gasteiger partial charge in [0.05, 0.1) is 6.54 Å². The van der Waals surface area contributed by atoms with E-state index in [0.717, 1.165) is 17.9 Å². The minimum Gasteiger partial charge on any atom is -0.444 e. The van der Waals surface area contributed by atoms with Crippen molar-refractivity contribution in [3.8, 4) is 0 Å². The molecule has 4 heteroatoms. The molecule has 98 valence electrons. The van der Waals surface area contributed by atoms with Crippen LogP contribution in [0.15, 0.2) is 18.7 Å². The van der Waals surface area contributed by atoms with E-state index in [4.69, 9.17) is 4.74 Å². The van der Waals surface area contributed by atoms with Crippen molar-refractivity contribution in [3.05, 3.63) is 30.1 Å². The molecular weight excluding hydrogens is 228 g/mol. The largest absolute Gasteiger partial charge is 0.444 e. The maximum absolute atomic E-state index is 12.0. The highest BCUT2D eigenvalue weighted by Crippen LogP contribution is 2.19. The van der Waals surface area contributed by atoms with Gasteiger partial charge in [0.15, 0.2) is 0 Å². The maximum atomic E-state index is 12.0. The molecule has 2 heterocycles. The topological polar surface area (TPSA) is 34.5 Å². The number of amides is 1. The van der Waals surface area contributed by atoms with Crippen molar-refractivity contribution in [1.29, 1.82) is 0 Å². The highest BCUT2D eigenvalue weighted by molar-refractivity contribution is 5.68. The number of fused-ring (bicyclic) bond motifs is 1. The van der Waals surface area contributed by atoms with Crippen molar-refractivity contribution in [2.75, 3.05) is 6.54 Å². The van der Waals surface area contributed by atoms with Gasteiger partial charge in [-0.3, -0.25) is 0 Å². The van der Waals surface area contributed by atoms with Crippen molar-refractivity contribution in [2.45, 2.75) is 39.5 Å². The lowest BCUT2D eigenvalue weighted by Crippen LogP contribution is -2.41. The lowest BCUT2D eigenvalue weighted by Gasteiger charge is -2.31. The van der Waals surface area contributed by atoms with Crippen LogP contribution in [0.3, 0.4) is 0 Å². The standard InChI is InChI=1S/C14H20N2O2/c1-5-11-6-7-12-10-15(8-9-16(11)12)13(17)18-14(2,3)4/h5-7H,1,8-10H2,2-4H3. The molecule has 0 spiro atoms. The number of hydrogen-bond acceptors (Lipinski definition) is 2. The van der Waals surface area contributed by atoms with Gasteiger partial charge >= 0.3 is 6.09 Å². The first-order valence-corrected chi connectivity index (χ1v) is 6.19. The van der Waals surface area contributed by atoms with Gasteiger partial charge in [0.2, 0.25) is 0 Å². The Morgan fingerprint density at radius 1 is 1.39 bits per heavy atom. The fourth-order valence-electron chi connectivity index (χ4n) is 2.09. The molecule has 0 unspecified atom stereocenters. The molecule has 0 aliphatic carbocycles. The molecular formula is C14H20N2O2. The van der Waals surface area contributed by atoms with Crippen LogP contribution in [0.5, 0.6) is 0 Å². The first-order chi connectivity index (χ1) is 8.40. The second-order valence-electron chi connectivity index (χ2n) is 5.51. The Labute approximate surface area is 108 Å². The number of hydrogen-bond donors (Lipinski definition) is 0. The smallest absolute Gasteiger partial charge is 0.410 e. The van der Waals surface area contributed by atoms with Crippen LogP contribution in [0.2, 0.25) is 0 Å².